The van der Waals surface area contributed by atoms with Gasteiger partial charge in [0, 0.05) is 12.6 Å². The Labute approximate surface area is 95.2 Å². The van der Waals surface area contributed by atoms with Crippen LogP contribution >= 0.6 is 0 Å². The van der Waals surface area contributed by atoms with Crippen LogP contribution in [0.4, 0.5) is 0 Å². The third-order valence-electron chi connectivity index (χ3n) is 3.90. The van der Waals surface area contributed by atoms with Gasteiger partial charge in [-0.3, -0.25) is 0 Å². The molecule has 1 aliphatic rings. The molecule has 1 unspecified atom stereocenters. The summed E-state index contributed by atoms with van der Waals surface area (Å²) in [4.78, 5) is 2.67. The smallest absolute Gasteiger partial charge is 0.00952 e. The molecule has 1 rings (SSSR count). The van der Waals surface area contributed by atoms with Gasteiger partial charge in [0.25, 0.3) is 0 Å². The molecule has 0 aliphatic heterocycles. The average molecular weight is 212 g/mol. The van der Waals surface area contributed by atoms with Crippen molar-refractivity contribution in [3.63, 3.8) is 0 Å². The molecule has 2 heteroatoms. The van der Waals surface area contributed by atoms with E-state index in [4.69, 9.17) is 5.73 Å². The lowest BCUT2D eigenvalue weighted by molar-refractivity contribution is 0.140. The van der Waals surface area contributed by atoms with E-state index in [9.17, 15) is 0 Å². The molecule has 0 heterocycles. The highest BCUT2D eigenvalue weighted by atomic mass is 15.2. The van der Waals surface area contributed by atoms with Crippen LogP contribution in [-0.4, -0.2) is 30.6 Å². The number of hydrogen-bond acceptors (Lipinski definition) is 2. The standard InChI is InChI=1S/C13H28N2/c1-3-12(10-14)11-15(4-2)13-8-6-5-7-9-13/h12-13H,3-11,14H2,1-2H3. The van der Waals surface area contributed by atoms with Gasteiger partial charge in [-0.15, -0.1) is 0 Å². The van der Waals surface area contributed by atoms with E-state index in [0.29, 0.717) is 5.92 Å². The molecule has 2 N–H and O–H groups in total. The Morgan fingerprint density at radius 1 is 1.20 bits per heavy atom. The van der Waals surface area contributed by atoms with Crippen molar-refractivity contribution in [1.82, 2.24) is 4.90 Å². The third-order valence-corrected chi connectivity index (χ3v) is 3.90. The van der Waals surface area contributed by atoms with E-state index in [-0.39, 0.29) is 0 Å². The lowest BCUT2D eigenvalue weighted by atomic mass is 9.93. The average Bonchev–Trinajstić information content (AvgIpc) is 2.32. The first-order valence-corrected chi connectivity index (χ1v) is 6.75. The number of nitrogens with two attached hydrogens (primary N) is 1. The van der Waals surface area contributed by atoms with Gasteiger partial charge in [0.05, 0.1) is 0 Å². The van der Waals surface area contributed by atoms with Crippen LogP contribution in [0.3, 0.4) is 0 Å². The fourth-order valence-electron chi connectivity index (χ4n) is 2.68. The molecule has 1 atom stereocenters. The second-order valence-corrected chi connectivity index (χ2v) is 4.89. The lowest BCUT2D eigenvalue weighted by Gasteiger charge is -2.35. The van der Waals surface area contributed by atoms with Crippen LogP contribution in [0.1, 0.15) is 52.4 Å². The predicted octanol–water partition coefficient (Wildman–Crippen LogP) is 2.63. The maximum absolute atomic E-state index is 5.79. The van der Waals surface area contributed by atoms with Crippen molar-refractivity contribution >= 4 is 0 Å². The van der Waals surface area contributed by atoms with E-state index >= 15 is 0 Å². The third kappa shape index (κ3) is 4.12. The normalized spacial score (nSPS) is 20.8. The van der Waals surface area contributed by atoms with Crippen molar-refractivity contribution in [3.8, 4) is 0 Å². The second kappa shape index (κ2) is 7.24. The van der Waals surface area contributed by atoms with E-state index in [0.717, 1.165) is 12.6 Å². The van der Waals surface area contributed by atoms with E-state index in [1.807, 2.05) is 0 Å². The summed E-state index contributed by atoms with van der Waals surface area (Å²) in [6.07, 6.45) is 8.35. The molecule has 1 fully saturated rings. The van der Waals surface area contributed by atoms with Crippen molar-refractivity contribution in [3.05, 3.63) is 0 Å². The highest BCUT2D eigenvalue weighted by Gasteiger charge is 2.21. The van der Waals surface area contributed by atoms with E-state index in [2.05, 4.69) is 18.7 Å². The van der Waals surface area contributed by atoms with Crippen LogP contribution < -0.4 is 5.73 Å². The van der Waals surface area contributed by atoms with Crippen LogP contribution in [0.5, 0.6) is 0 Å². The van der Waals surface area contributed by atoms with Gasteiger partial charge in [0.1, 0.15) is 0 Å². The molecule has 90 valence electrons. The Kier molecular flexibility index (Phi) is 6.26. The molecule has 1 aliphatic carbocycles. The summed E-state index contributed by atoms with van der Waals surface area (Å²) < 4.78 is 0. The number of rotatable bonds is 6. The lowest BCUT2D eigenvalue weighted by Crippen LogP contribution is -2.41. The fraction of sp³-hybridized carbons (Fsp3) is 1.00. The zero-order valence-electron chi connectivity index (χ0n) is 10.5. The fourth-order valence-corrected chi connectivity index (χ4v) is 2.68. The van der Waals surface area contributed by atoms with Gasteiger partial charge in [0.15, 0.2) is 0 Å². The van der Waals surface area contributed by atoms with Crippen molar-refractivity contribution in [2.24, 2.45) is 11.7 Å². The van der Waals surface area contributed by atoms with Crippen molar-refractivity contribution < 1.29 is 0 Å². The van der Waals surface area contributed by atoms with Gasteiger partial charge in [-0.25, -0.2) is 0 Å². The van der Waals surface area contributed by atoms with E-state index in [1.165, 1.54) is 51.6 Å². The highest BCUT2D eigenvalue weighted by molar-refractivity contribution is 4.77. The monoisotopic (exact) mass is 212 g/mol. The van der Waals surface area contributed by atoms with Crippen LogP contribution in [0, 0.1) is 5.92 Å². The molecule has 2 nitrogen and oxygen atoms in total. The molecule has 0 spiro atoms. The highest BCUT2D eigenvalue weighted by Crippen LogP contribution is 2.23. The molecular weight excluding hydrogens is 184 g/mol. The summed E-state index contributed by atoms with van der Waals surface area (Å²) >= 11 is 0. The summed E-state index contributed by atoms with van der Waals surface area (Å²) in [5.41, 5.74) is 5.79. The first kappa shape index (κ1) is 13.0. The van der Waals surface area contributed by atoms with Gasteiger partial charge >= 0.3 is 0 Å². The molecule has 15 heavy (non-hydrogen) atoms. The molecular formula is C13H28N2. The summed E-state index contributed by atoms with van der Waals surface area (Å²) in [6.45, 7) is 7.80. The van der Waals surface area contributed by atoms with Gasteiger partial charge in [-0.05, 0) is 31.8 Å². The van der Waals surface area contributed by atoms with Crippen LogP contribution in [0.25, 0.3) is 0 Å². The first-order chi connectivity index (χ1) is 7.31. The molecule has 0 bridgehead atoms. The van der Waals surface area contributed by atoms with Crippen molar-refractivity contribution in [1.29, 1.82) is 0 Å². The number of hydrogen-bond donors (Lipinski definition) is 1. The Balaban J connectivity index is 2.38. The van der Waals surface area contributed by atoms with E-state index < -0.39 is 0 Å². The SMILES string of the molecule is CCC(CN)CN(CC)C1CCCCC1. The van der Waals surface area contributed by atoms with Gasteiger partial charge in [-0.2, -0.15) is 0 Å². The molecule has 0 saturated heterocycles. The maximum atomic E-state index is 5.79. The zero-order chi connectivity index (χ0) is 11.1. The van der Waals surface area contributed by atoms with E-state index in [1.54, 1.807) is 0 Å². The Hall–Kier alpha value is -0.0800. The Morgan fingerprint density at radius 2 is 1.87 bits per heavy atom. The molecule has 0 aromatic carbocycles. The zero-order valence-corrected chi connectivity index (χ0v) is 10.5. The van der Waals surface area contributed by atoms with Gasteiger partial charge in [0.2, 0.25) is 0 Å². The summed E-state index contributed by atoms with van der Waals surface area (Å²) in [6, 6.07) is 0.851. The van der Waals surface area contributed by atoms with Crippen LogP contribution in [0.15, 0.2) is 0 Å². The minimum absolute atomic E-state index is 0.701. The molecule has 1 saturated carbocycles. The quantitative estimate of drug-likeness (QED) is 0.733. The first-order valence-electron chi connectivity index (χ1n) is 6.75. The molecule has 0 radical (unpaired) electrons. The summed E-state index contributed by atoms with van der Waals surface area (Å²) in [7, 11) is 0. The summed E-state index contributed by atoms with van der Waals surface area (Å²) in [5.74, 6) is 0.701. The van der Waals surface area contributed by atoms with Gasteiger partial charge in [-0.1, -0.05) is 39.5 Å². The van der Waals surface area contributed by atoms with Crippen molar-refractivity contribution in [2.75, 3.05) is 19.6 Å². The largest absolute Gasteiger partial charge is 0.330 e. The molecule has 0 amide bonds. The van der Waals surface area contributed by atoms with Gasteiger partial charge < -0.3 is 10.6 Å². The van der Waals surface area contributed by atoms with Crippen LogP contribution in [0.2, 0.25) is 0 Å². The topological polar surface area (TPSA) is 29.3 Å². The maximum Gasteiger partial charge on any atom is 0.00952 e. The summed E-state index contributed by atoms with van der Waals surface area (Å²) in [5, 5.41) is 0. The molecule has 0 aromatic rings. The predicted molar refractivity (Wildman–Crippen MR) is 67.0 cm³/mol. The minimum atomic E-state index is 0.701. The number of nitrogens with zero attached hydrogens (tertiary/aromatic N) is 1. The molecule has 0 aromatic heterocycles. The van der Waals surface area contributed by atoms with Crippen molar-refractivity contribution in [2.45, 2.75) is 58.4 Å². The van der Waals surface area contributed by atoms with Crippen LogP contribution in [-0.2, 0) is 0 Å². The Bertz CT molecular complexity index is 149. The minimum Gasteiger partial charge on any atom is -0.330 e. The Morgan fingerprint density at radius 3 is 2.33 bits per heavy atom. The second-order valence-electron chi connectivity index (χ2n) is 4.89.